The number of benzene rings is 3. The van der Waals surface area contributed by atoms with Gasteiger partial charge in [0.25, 0.3) is 0 Å². The number of thioether (sulfide) groups is 1. The SMILES string of the molecule is Cc1ccc(NC(=O)CCCSc2ccc(Cl)cc2)c(C(=O)c2ccccc2)c1. The number of amides is 1. The van der Waals surface area contributed by atoms with Gasteiger partial charge in [-0.15, -0.1) is 11.8 Å². The van der Waals surface area contributed by atoms with Crippen LogP contribution in [0.4, 0.5) is 5.69 Å². The Bertz CT molecular complexity index is 988. The number of carbonyl (C=O) groups is 2. The molecule has 0 atom stereocenters. The van der Waals surface area contributed by atoms with Gasteiger partial charge in [-0.3, -0.25) is 9.59 Å². The Kier molecular flexibility index (Phi) is 7.50. The van der Waals surface area contributed by atoms with Gasteiger partial charge in [-0.1, -0.05) is 53.6 Å². The highest BCUT2D eigenvalue weighted by Gasteiger charge is 2.15. The maximum Gasteiger partial charge on any atom is 0.224 e. The van der Waals surface area contributed by atoms with Crippen molar-refractivity contribution >= 4 is 40.7 Å². The fraction of sp³-hybridized carbons (Fsp3) is 0.167. The number of carbonyl (C=O) groups excluding carboxylic acids is 2. The lowest BCUT2D eigenvalue weighted by Crippen LogP contribution is -2.15. The van der Waals surface area contributed by atoms with E-state index in [1.165, 1.54) is 0 Å². The van der Waals surface area contributed by atoms with Gasteiger partial charge >= 0.3 is 0 Å². The zero-order valence-electron chi connectivity index (χ0n) is 16.2. The normalized spacial score (nSPS) is 10.6. The molecule has 29 heavy (non-hydrogen) atoms. The lowest BCUT2D eigenvalue weighted by Gasteiger charge is -2.12. The molecule has 0 aliphatic heterocycles. The quantitative estimate of drug-likeness (QED) is 0.259. The van der Waals surface area contributed by atoms with E-state index in [9.17, 15) is 9.59 Å². The molecule has 0 heterocycles. The van der Waals surface area contributed by atoms with Crippen LogP contribution in [-0.2, 0) is 4.79 Å². The number of nitrogens with one attached hydrogen (secondary N) is 1. The molecule has 0 aliphatic rings. The highest BCUT2D eigenvalue weighted by Crippen LogP contribution is 2.23. The van der Waals surface area contributed by atoms with Crippen LogP contribution in [0.5, 0.6) is 0 Å². The van der Waals surface area contributed by atoms with Crippen LogP contribution >= 0.6 is 23.4 Å². The van der Waals surface area contributed by atoms with Gasteiger partial charge in [0.1, 0.15) is 0 Å². The summed E-state index contributed by atoms with van der Waals surface area (Å²) in [5.74, 6) is 0.647. The summed E-state index contributed by atoms with van der Waals surface area (Å²) >= 11 is 7.58. The van der Waals surface area contributed by atoms with E-state index in [2.05, 4.69) is 5.32 Å². The van der Waals surface area contributed by atoms with Gasteiger partial charge in [0.15, 0.2) is 5.78 Å². The summed E-state index contributed by atoms with van der Waals surface area (Å²) in [4.78, 5) is 26.4. The zero-order valence-corrected chi connectivity index (χ0v) is 17.7. The Labute approximate surface area is 180 Å². The first-order valence-corrected chi connectivity index (χ1v) is 10.8. The number of hydrogen-bond acceptors (Lipinski definition) is 3. The van der Waals surface area contributed by atoms with Gasteiger partial charge in [0, 0.05) is 27.5 Å². The van der Waals surface area contributed by atoms with Crippen LogP contribution in [0.2, 0.25) is 5.02 Å². The molecule has 0 unspecified atom stereocenters. The maximum absolute atomic E-state index is 12.9. The van der Waals surface area contributed by atoms with Crippen LogP contribution in [0.25, 0.3) is 0 Å². The maximum atomic E-state index is 12.9. The van der Waals surface area contributed by atoms with Crippen LogP contribution in [0.1, 0.15) is 34.3 Å². The molecule has 0 fully saturated rings. The topological polar surface area (TPSA) is 46.2 Å². The molecule has 1 amide bonds. The Morgan fingerprint density at radius 2 is 1.69 bits per heavy atom. The van der Waals surface area contributed by atoms with Crippen molar-refractivity contribution in [1.82, 2.24) is 0 Å². The van der Waals surface area contributed by atoms with Gasteiger partial charge < -0.3 is 5.32 Å². The highest BCUT2D eigenvalue weighted by molar-refractivity contribution is 7.99. The molecule has 148 valence electrons. The van der Waals surface area contributed by atoms with Gasteiger partial charge in [-0.25, -0.2) is 0 Å². The number of hydrogen-bond donors (Lipinski definition) is 1. The Morgan fingerprint density at radius 3 is 2.41 bits per heavy atom. The number of rotatable bonds is 8. The van der Waals surface area contributed by atoms with E-state index >= 15 is 0 Å². The predicted molar refractivity (Wildman–Crippen MR) is 121 cm³/mol. The van der Waals surface area contributed by atoms with Crippen LogP contribution < -0.4 is 5.32 Å². The zero-order chi connectivity index (χ0) is 20.6. The lowest BCUT2D eigenvalue weighted by atomic mass is 9.99. The molecule has 0 bridgehead atoms. The van der Waals surface area contributed by atoms with Crippen LogP contribution in [0.3, 0.4) is 0 Å². The summed E-state index contributed by atoms with van der Waals surface area (Å²) < 4.78 is 0. The minimum absolute atomic E-state index is 0.0901. The summed E-state index contributed by atoms with van der Waals surface area (Å²) in [6.45, 7) is 1.93. The van der Waals surface area contributed by atoms with E-state index in [4.69, 9.17) is 11.6 Å². The minimum Gasteiger partial charge on any atom is -0.325 e. The molecule has 0 saturated heterocycles. The summed E-state index contributed by atoms with van der Waals surface area (Å²) in [5.41, 5.74) is 2.65. The standard InChI is InChI=1S/C24H22ClNO2S/c1-17-9-14-22(21(16-17)24(28)18-6-3-2-4-7-18)26-23(27)8-5-15-29-20-12-10-19(25)11-13-20/h2-4,6-7,9-14,16H,5,8,15H2,1H3,(H,26,27). The number of aryl methyl sites for hydroxylation is 1. The van der Waals surface area contributed by atoms with Crippen molar-refractivity contribution in [1.29, 1.82) is 0 Å². The third-order valence-corrected chi connectivity index (χ3v) is 5.71. The van der Waals surface area contributed by atoms with E-state index in [1.807, 2.05) is 61.5 Å². The molecule has 0 aromatic heterocycles. The van der Waals surface area contributed by atoms with Gasteiger partial charge in [-0.05, 0) is 55.5 Å². The Hall–Kier alpha value is -2.56. The first kappa shape index (κ1) is 21.2. The molecular weight excluding hydrogens is 402 g/mol. The van der Waals surface area contributed by atoms with Gasteiger partial charge in [0.2, 0.25) is 5.91 Å². The van der Waals surface area contributed by atoms with Crippen LogP contribution in [0.15, 0.2) is 77.7 Å². The van der Waals surface area contributed by atoms with E-state index in [1.54, 1.807) is 30.0 Å². The Morgan fingerprint density at radius 1 is 0.966 bits per heavy atom. The number of ketones is 1. The number of halogens is 1. The first-order chi connectivity index (χ1) is 14.0. The molecule has 1 N–H and O–H groups in total. The lowest BCUT2D eigenvalue weighted by molar-refractivity contribution is -0.116. The average molecular weight is 424 g/mol. The van der Waals surface area contributed by atoms with E-state index in [-0.39, 0.29) is 11.7 Å². The van der Waals surface area contributed by atoms with Crippen molar-refractivity contribution in [2.75, 3.05) is 11.1 Å². The molecule has 0 saturated carbocycles. The van der Waals surface area contributed by atoms with Crippen LogP contribution in [-0.4, -0.2) is 17.4 Å². The average Bonchev–Trinajstić information content (AvgIpc) is 2.74. The fourth-order valence-electron chi connectivity index (χ4n) is 2.87. The molecule has 5 heteroatoms. The molecule has 3 rings (SSSR count). The second-order valence-electron chi connectivity index (χ2n) is 6.70. The first-order valence-electron chi connectivity index (χ1n) is 9.41. The molecule has 3 aromatic rings. The van der Waals surface area contributed by atoms with Crippen LogP contribution in [0, 0.1) is 6.92 Å². The third kappa shape index (κ3) is 6.21. The number of anilines is 1. The Balaban J connectivity index is 1.58. The minimum atomic E-state index is -0.0945. The van der Waals surface area contributed by atoms with E-state index < -0.39 is 0 Å². The summed E-state index contributed by atoms with van der Waals surface area (Å²) in [6.07, 6.45) is 1.14. The molecule has 0 spiro atoms. The summed E-state index contributed by atoms with van der Waals surface area (Å²) in [7, 11) is 0. The van der Waals surface area contributed by atoms with Crippen molar-refractivity contribution in [3.63, 3.8) is 0 Å². The fourth-order valence-corrected chi connectivity index (χ4v) is 3.85. The monoisotopic (exact) mass is 423 g/mol. The summed E-state index contributed by atoms with van der Waals surface area (Å²) in [6, 6.07) is 22.3. The van der Waals surface area contributed by atoms with Crippen molar-refractivity contribution in [2.24, 2.45) is 0 Å². The van der Waals surface area contributed by atoms with Gasteiger partial charge in [0.05, 0.1) is 5.69 Å². The van der Waals surface area contributed by atoms with Crippen molar-refractivity contribution in [2.45, 2.75) is 24.7 Å². The van der Waals surface area contributed by atoms with E-state index in [0.717, 1.165) is 22.6 Å². The molecule has 3 nitrogen and oxygen atoms in total. The molecule has 3 aromatic carbocycles. The van der Waals surface area contributed by atoms with Crippen molar-refractivity contribution < 1.29 is 9.59 Å². The van der Waals surface area contributed by atoms with Crippen molar-refractivity contribution in [3.8, 4) is 0 Å². The van der Waals surface area contributed by atoms with E-state index in [0.29, 0.717) is 28.3 Å². The smallest absolute Gasteiger partial charge is 0.224 e. The van der Waals surface area contributed by atoms with Crippen molar-refractivity contribution in [3.05, 3.63) is 94.5 Å². The highest BCUT2D eigenvalue weighted by atomic mass is 35.5. The molecular formula is C24H22ClNO2S. The largest absolute Gasteiger partial charge is 0.325 e. The molecule has 0 radical (unpaired) electrons. The predicted octanol–water partition coefficient (Wildman–Crippen LogP) is 6.39. The second kappa shape index (κ2) is 10.3. The second-order valence-corrected chi connectivity index (χ2v) is 8.30. The molecule has 0 aliphatic carbocycles. The summed E-state index contributed by atoms with van der Waals surface area (Å²) in [5, 5.41) is 3.62. The third-order valence-electron chi connectivity index (χ3n) is 4.36. The van der Waals surface area contributed by atoms with Gasteiger partial charge in [-0.2, -0.15) is 0 Å².